The van der Waals surface area contributed by atoms with Gasteiger partial charge in [-0.05, 0) is 42.0 Å². The van der Waals surface area contributed by atoms with E-state index in [1.165, 1.54) is 32.1 Å². The Morgan fingerprint density at radius 2 is 1.71 bits per heavy atom. The van der Waals surface area contributed by atoms with Gasteiger partial charge in [-0.1, -0.05) is 68.3 Å². The lowest BCUT2D eigenvalue weighted by Gasteiger charge is -2.22. The van der Waals surface area contributed by atoms with Crippen LogP contribution in [-0.2, 0) is 6.61 Å². The minimum atomic E-state index is 0.543. The fourth-order valence-corrected chi connectivity index (χ4v) is 3.18. The summed E-state index contributed by atoms with van der Waals surface area (Å²) in [5.41, 5.74) is 2.20. The van der Waals surface area contributed by atoms with E-state index in [1.54, 1.807) is 0 Å². The molecule has 24 heavy (non-hydrogen) atoms. The summed E-state index contributed by atoms with van der Waals surface area (Å²) in [5, 5.41) is 0. The zero-order chi connectivity index (χ0) is 16.6. The molecule has 0 amide bonds. The highest BCUT2D eigenvalue weighted by Gasteiger charge is 2.15. The molecule has 1 saturated carbocycles. The third-order valence-corrected chi connectivity index (χ3v) is 4.64. The van der Waals surface area contributed by atoms with Crippen molar-refractivity contribution in [2.45, 2.75) is 38.7 Å². The first-order chi connectivity index (χ1) is 11.8. The van der Waals surface area contributed by atoms with Crippen LogP contribution in [0.15, 0.2) is 55.1 Å². The van der Waals surface area contributed by atoms with E-state index >= 15 is 0 Å². The van der Waals surface area contributed by atoms with Crippen LogP contribution in [0.3, 0.4) is 0 Å². The van der Waals surface area contributed by atoms with Crippen LogP contribution < -0.4 is 9.47 Å². The van der Waals surface area contributed by atoms with Gasteiger partial charge in [0.1, 0.15) is 6.61 Å². The van der Waals surface area contributed by atoms with Crippen molar-refractivity contribution in [3.05, 3.63) is 66.2 Å². The van der Waals surface area contributed by atoms with Gasteiger partial charge in [-0.2, -0.15) is 0 Å². The van der Waals surface area contributed by atoms with Gasteiger partial charge in [-0.25, -0.2) is 0 Å². The van der Waals surface area contributed by atoms with Crippen LogP contribution in [-0.4, -0.2) is 6.61 Å². The van der Waals surface area contributed by atoms with Crippen LogP contribution in [0.4, 0.5) is 0 Å². The van der Waals surface area contributed by atoms with Crippen LogP contribution in [0.2, 0.25) is 0 Å². The molecule has 3 rings (SSSR count). The predicted molar refractivity (Wildman–Crippen MR) is 99.4 cm³/mol. The van der Waals surface area contributed by atoms with Gasteiger partial charge in [0.25, 0.3) is 0 Å². The second-order valence-corrected chi connectivity index (χ2v) is 6.50. The average Bonchev–Trinajstić information content (AvgIpc) is 2.66. The zero-order valence-electron chi connectivity index (χ0n) is 14.2. The van der Waals surface area contributed by atoms with Crippen molar-refractivity contribution in [1.82, 2.24) is 0 Å². The lowest BCUT2D eigenvalue weighted by Crippen LogP contribution is -2.15. The molecule has 1 aliphatic rings. The minimum Gasteiger partial charge on any atom is -0.489 e. The molecule has 0 radical (unpaired) electrons. The van der Waals surface area contributed by atoms with Crippen molar-refractivity contribution in [2.24, 2.45) is 5.92 Å². The standard InChI is InChI=1S/C22H26O2/c1-2-18-13-14-21(23-16-19-9-5-3-6-10-19)22(15-18)24-17-20-11-7-4-8-12-20/h2,4,7-8,11-15,19H,1,3,5-6,9-10,16-17H2. The van der Waals surface area contributed by atoms with Gasteiger partial charge in [0, 0.05) is 0 Å². The van der Waals surface area contributed by atoms with E-state index in [1.807, 2.05) is 42.5 Å². The Kier molecular flexibility index (Phi) is 5.95. The Bertz CT molecular complexity index is 642. The molecule has 2 heteroatoms. The quantitative estimate of drug-likeness (QED) is 0.635. The van der Waals surface area contributed by atoms with Gasteiger partial charge >= 0.3 is 0 Å². The number of benzene rings is 2. The van der Waals surface area contributed by atoms with E-state index in [4.69, 9.17) is 9.47 Å². The first-order valence-electron chi connectivity index (χ1n) is 8.91. The molecule has 0 saturated heterocycles. The van der Waals surface area contributed by atoms with Crippen molar-refractivity contribution < 1.29 is 9.47 Å². The first-order valence-corrected chi connectivity index (χ1v) is 8.91. The maximum atomic E-state index is 6.11. The van der Waals surface area contributed by atoms with Crippen molar-refractivity contribution >= 4 is 6.08 Å². The van der Waals surface area contributed by atoms with E-state index in [-0.39, 0.29) is 0 Å². The molecule has 0 heterocycles. The highest BCUT2D eigenvalue weighted by atomic mass is 16.5. The van der Waals surface area contributed by atoms with Crippen LogP contribution in [0.1, 0.15) is 43.2 Å². The highest BCUT2D eigenvalue weighted by molar-refractivity contribution is 5.54. The highest BCUT2D eigenvalue weighted by Crippen LogP contribution is 2.31. The van der Waals surface area contributed by atoms with Crippen molar-refractivity contribution in [1.29, 1.82) is 0 Å². The van der Waals surface area contributed by atoms with Gasteiger partial charge in [-0.15, -0.1) is 0 Å². The van der Waals surface area contributed by atoms with E-state index in [0.717, 1.165) is 29.2 Å². The summed E-state index contributed by atoms with van der Waals surface area (Å²) >= 11 is 0. The molecule has 0 bridgehead atoms. The Morgan fingerprint density at radius 3 is 2.46 bits per heavy atom. The first kappa shape index (κ1) is 16.6. The third kappa shape index (κ3) is 4.64. The monoisotopic (exact) mass is 322 g/mol. The molecule has 0 aromatic heterocycles. The summed E-state index contributed by atoms with van der Waals surface area (Å²) < 4.78 is 12.1. The van der Waals surface area contributed by atoms with Gasteiger partial charge < -0.3 is 9.47 Å². The molecule has 2 aromatic carbocycles. The largest absolute Gasteiger partial charge is 0.489 e. The van der Waals surface area contributed by atoms with Crippen molar-refractivity contribution in [3.63, 3.8) is 0 Å². The summed E-state index contributed by atoms with van der Waals surface area (Å²) in [6.07, 6.45) is 8.44. The minimum absolute atomic E-state index is 0.543. The normalized spacial score (nSPS) is 15.0. The van der Waals surface area contributed by atoms with Crippen molar-refractivity contribution in [2.75, 3.05) is 6.61 Å². The number of ether oxygens (including phenoxy) is 2. The van der Waals surface area contributed by atoms with E-state index in [2.05, 4.69) is 18.7 Å². The molecule has 0 unspecified atom stereocenters. The van der Waals surface area contributed by atoms with Gasteiger partial charge in [0.05, 0.1) is 6.61 Å². The molecular formula is C22H26O2. The molecule has 0 spiro atoms. The number of rotatable bonds is 7. The Balaban J connectivity index is 1.66. The van der Waals surface area contributed by atoms with Crippen LogP contribution in [0.5, 0.6) is 11.5 Å². The summed E-state index contributed by atoms with van der Waals surface area (Å²) in [6, 6.07) is 16.2. The number of hydrogen-bond acceptors (Lipinski definition) is 2. The molecule has 2 aromatic rings. The Morgan fingerprint density at radius 1 is 0.917 bits per heavy atom. The van der Waals surface area contributed by atoms with Crippen molar-refractivity contribution in [3.8, 4) is 11.5 Å². The molecule has 2 nitrogen and oxygen atoms in total. The topological polar surface area (TPSA) is 18.5 Å². The van der Waals surface area contributed by atoms with Gasteiger partial charge in [-0.3, -0.25) is 0 Å². The lowest BCUT2D eigenvalue weighted by molar-refractivity contribution is 0.197. The lowest BCUT2D eigenvalue weighted by atomic mass is 9.90. The van der Waals surface area contributed by atoms with Gasteiger partial charge in [0.15, 0.2) is 11.5 Å². The second kappa shape index (κ2) is 8.58. The van der Waals surface area contributed by atoms with Crippen LogP contribution in [0.25, 0.3) is 6.08 Å². The molecule has 1 aliphatic carbocycles. The summed E-state index contributed by atoms with van der Waals surface area (Å²) in [5.74, 6) is 2.31. The van der Waals surface area contributed by atoms with Crippen LogP contribution in [0, 0.1) is 5.92 Å². The molecular weight excluding hydrogens is 296 g/mol. The Labute approximate surface area is 145 Å². The fourth-order valence-electron chi connectivity index (χ4n) is 3.18. The predicted octanol–water partition coefficient (Wildman–Crippen LogP) is 5.87. The summed E-state index contributed by atoms with van der Waals surface area (Å²) in [4.78, 5) is 0. The summed E-state index contributed by atoms with van der Waals surface area (Å²) in [6.45, 7) is 5.17. The van der Waals surface area contributed by atoms with Crippen LogP contribution >= 0.6 is 0 Å². The molecule has 0 aliphatic heterocycles. The third-order valence-electron chi connectivity index (χ3n) is 4.64. The van der Waals surface area contributed by atoms with Gasteiger partial charge in [0.2, 0.25) is 0 Å². The molecule has 0 atom stereocenters. The maximum Gasteiger partial charge on any atom is 0.162 e. The SMILES string of the molecule is C=Cc1ccc(OCC2CCCCC2)c(OCc2ccccc2)c1. The summed E-state index contributed by atoms with van der Waals surface area (Å²) in [7, 11) is 0. The second-order valence-electron chi connectivity index (χ2n) is 6.50. The molecule has 1 fully saturated rings. The maximum absolute atomic E-state index is 6.11. The van der Waals surface area contributed by atoms with E-state index in [9.17, 15) is 0 Å². The van der Waals surface area contributed by atoms with E-state index in [0.29, 0.717) is 12.5 Å². The Hall–Kier alpha value is -2.22. The van der Waals surface area contributed by atoms with E-state index < -0.39 is 0 Å². The molecule has 126 valence electrons. The smallest absolute Gasteiger partial charge is 0.162 e. The zero-order valence-corrected chi connectivity index (χ0v) is 14.2. The average molecular weight is 322 g/mol. The molecule has 0 N–H and O–H groups in total. The fraction of sp³-hybridized carbons (Fsp3) is 0.364. The number of hydrogen-bond donors (Lipinski definition) is 0.